The first kappa shape index (κ1) is 24.9. The molecule has 0 spiro atoms. The van der Waals surface area contributed by atoms with Crippen LogP contribution >= 0.6 is 0 Å². The number of rotatable bonds is 9. The van der Waals surface area contributed by atoms with Crippen molar-refractivity contribution in [2.24, 2.45) is 17.8 Å². The molecule has 1 aliphatic heterocycles. The molecule has 3 unspecified atom stereocenters. The molecular formula is C27H39NO3S. The van der Waals surface area contributed by atoms with Gasteiger partial charge in [0.05, 0.1) is 11.5 Å². The van der Waals surface area contributed by atoms with Crippen LogP contribution in [0.25, 0.3) is 0 Å². The van der Waals surface area contributed by atoms with Gasteiger partial charge in [-0.05, 0) is 81.1 Å². The average molecular weight is 458 g/mol. The number of hydrogen-bond donors (Lipinski definition) is 1. The molecule has 0 saturated carbocycles. The summed E-state index contributed by atoms with van der Waals surface area (Å²) in [6.45, 7) is 6.51. The Morgan fingerprint density at radius 3 is 2.50 bits per heavy atom. The summed E-state index contributed by atoms with van der Waals surface area (Å²) < 4.78 is 30.8. The topological polar surface area (TPSA) is 55.4 Å². The maximum absolute atomic E-state index is 12.6. The van der Waals surface area contributed by atoms with E-state index in [4.69, 9.17) is 4.18 Å². The standard InChI is InChI=1S/C27H39NO3S/c1-3-23(21-31-32(29,30)27-14-12-22(2)13-15-27)17-25-11-7-8-16-28-20-26(19-25)18-24-9-5-4-6-10-24/h4-6,9-10,12-15,23,25-26,28H,3,7-8,11,16-21H2,1-2H3. The van der Waals surface area contributed by atoms with Gasteiger partial charge in [-0.3, -0.25) is 4.18 Å². The summed E-state index contributed by atoms with van der Waals surface area (Å²) in [6.07, 6.45) is 7.90. The highest BCUT2D eigenvalue weighted by molar-refractivity contribution is 7.86. The van der Waals surface area contributed by atoms with Crippen LogP contribution in [0.4, 0.5) is 0 Å². The van der Waals surface area contributed by atoms with E-state index in [9.17, 15) is 8.42 Å². The first-order valence-corrected chi connectivity index (χ1v) is 13.6. The molecule has 176 valence electrons. The van der Waals surface area contributed by atoms with E-state index in [0.29, 0.717) is 11.8 Å². The summed E-state index contributed by atoms with van der Waals surface area (Å²) in [5.74, 6) is 1.47. The zero-order valence-electron chi connectivity index (χ0n) is 19.6. The molecule has 0 amide bonds. The Morgan fingerprint density at radius 1 is 1.03 bits per heavy atom. The molecule has 2 aromatic carbocycles. The molecule has 4 nitrogen and oxygen atoms in total. The van der Waals surface area contributed by atoms with Crippen LogP contribution < -0.4 is 5.32 Å². The first-order chi connectivity index (χ1) is 15.5. The van der Waals surface area contributed by atoms with Crippen LogP contribution in [0.15, 0.2) is 59.5 Å². The fraction of sp³-hybridized carbons (Fsp3) is 0.556. The van der Waals surface area contributed by atoms with Gasteiger partial charge in [0.1, 0.15) is 0 Å². The number of hydrogen-bond acceptors (Lipinski definition) is 4. The molecule has 0 aliphatic carbocycles. The van der Waals surface area contributed by atoms with Crippen LogP contribution in [-0.2, 0) is 20.7 Å². The second kappa shape index (κ2) is 12.5. The van der Waals surface area contributed by atoms with Crippen LogP contribution in [0.2, 0.25) is 0 Å². The Balaban J connectivity index is 1.60. The van der Waals surface area contributed by atoms with E-state index in [-0.39, 0.29) is 17.4 Å². The molecule has 1 saturated heterocycles. The van der Waals surface area contributed by atoms with Gasteiger partial charge in [-0.2, -0.15) is 8.42 Å². The normalized spacial score (nSPS) is 21.3. The molecule has 1 heterocycles. The molecule has 32 heavy (non-hydrogen) atoms. The fourth-order valence-electron chi connectivity index (χ4n) is 4.76. The van der Waals surface area contributed by atoms with Crippen molar-refractivity contribution in [3.8, 4) is 0 Å². The molecule has 2 aromatic rings. The maximum atomic E-state index is 12.6. The highest BCUT2D eigenvalue weighted by Gasteiger charge is 2.24. The number of aryl methyl sites for hydroxylation is 1. The number of benzene rings is 2. The van der Waals surface area contributed by atoms with Crippen molar-refractivity contribution in [1.29, 1.82) is 0 Å². The van der Waals surface area contributed by atoms with Crippen LogP contribution in [0.3, 0.4) is 0 Å². The lowest BCUT2D eigenvalue weighted by atomic mass is 9.81. The summed E-state index contributed by atoms with van der Waals surface area (Å²) in [4.78, 5) is 0.245. The van der Waals surface area contributed by atoms with Gasteiger partial charge in [0.2, 0.25) is 0 Å². The Hall–Kier alpha value is -1.69. The lowest BCUT2D eigenvalue weighted by molar-refractivity contribution is 0.202. The molecular weight excluding hydrogens is 418 g/mol. The zero-order valence-corrected chi connectivity index (χ0v) is 20.4. The summed E-state index contributed by atoms with van der Waals surface area (Å²) in [5, 5.41) is 3.65. The summed E-state index contributed by atoms with van der Waals surface area (Å²) >= 11 is 0. The van der Waals surface area contributed by atoms with E-state index in [2.05, 4.69) is 42.6 Å². The SMILES string of the molecule is CCC(COS(=O)(=O)c1ccc(C)cc1)CC1CCCCNCC(Cc2ccccc2)C1. The minimum atomic E-state index is -3.70. The fourth-order valence-corrected chi connectivity index (χ4v) is 5.74. The van der Waals surface area contributed by atoms with Crippen molar-refractivity contribution in [2.45, 2.75) is 63.7 Å². The van der Waals surface area contributed by atoms with E-state index in [1.165, 1.54) is 31.2 Å². The van der Waals surface area contributed by atoms with Gasteiger partial charge >= 0.3 is 0 Å². The molecule has 1 fully saturated rings. The second-order valence-corrected chi connectivity index (χ2v) is 11.0. The zero-order chi connectivity index (χ0) is 22.8. The third kappa shape index (κ3) is 8.02. The Kier molecular flexibility index (Phi) is 9.76. The van der Waals surface area contributed by atoms with E-state index < -0.39 is 10.1 Å². The minimum absolute atomic E-state index is 0.245. The van der Waals surface area contributed by atoms with Gasteiger partial charge in [-0.15, -0.1) is 0 Å². The van der Waals surface area contributed by atoms with Crippen molar-refractivity contribution in [1.82, 2.24) is 5.32 Å². The van der Waals surface area contributed by atoms with Crippen molar-refractivity contribution in [3.63, 3.8) is 0 Å². The van der Waals surface area contributed by atoms with Crippen molar-refractivity contribution in [3.05, 3.63) is 65.7 Å². The largest absolute Gasteiger partial charge is 0.316 e. The smallest absolute Gasteiger partial charge is 0.296 e. The van der Waals surface area contributed by atoms with Crippen molar-refractivity contribution < 1.29 is 12.6 Å². The molecule has 0 radical (unpaired) electrons. The third-order valence-corrected chi connectivity index (χ3v) is 7.99. The van der Waals surface area contributed by atoms with Crippen LogP contribution in [0.5, 0.6) is 0 Å². The van der Waals surface area contributed by atoms with Gasteiger partial charge in [0.25, 0.3) is 10.1 Å². The van der Waals surface area contributed by atoms with E-state index in [0.717, 1.165) is 37.9 Å². The highest BCUT2D eigenvalue weighted by Crippen LogP contribution is 2.30. The van der Waals surface area contributed by atoms with Crippen LogP contribution in [-0.4, -0.2) is 28.1 Å². The minimum Gasteiger partial charge on any atom is -0.316 e. The summed E-state index contributed by atoms with van der Waals surface area (Å²) in [6, 6.07) is 17.6. The highest BCUT2D eigenvalue weighted by atomic mass is 32.2. The molecule has 1 N–H and O–H groups in total. The molecule has 5 heteroatoms. The van der Waals surface area contributed by atoms with Crippen LogP contribution in [0.1, 0.15) is 56.6 Å². The van der Waals surface area contributed by atoms with E-state index in [1.807, 2.05) is 19.1 Å². The lowest BCUT2D eigenvalue weighted by Crippen LogP contribution is -2.26. The molecule has 1 aliphatic rings. The van der Waals surface area contributed by atoms with Gasteiger partial charge < -0.3 is 5.32 Å². The summed E-state index contributed by atoms with van der Waals surface area (Å²) in [5.41, 5.74) is 2.44. The molecule has 0 aromatic heterocycles. The number of nitrogens with one attached hydrogen (secondary N) is 1. The molecule has 3 rings (SSSR count). The monoisotopic (exact) mass is 457 g/mol. The predicted molar refractivity (Wildman–Crippen MR) is 131 cm³/mol. The lowest BCUT2D eigenvalue weighted by Gasteiger charge is -2.26. The van der Waals surface area contributed by atoms with Crippen LogP contribution in [0, 0.1) is 24.7 Å². The quantitative estimate of drug-likeness (QED) is 0.487. The molecule has 0 bridgehead atoms. The second-order valence-electron chi connectivity index (χ2n) is 9.42. The summed E-state index contributed by atoms with van der Waals surface area (Å²) in [7, 11) is -3.70. The third-order valence-electron chi connectivity index (χ3n) is 6.70. The Labute approximate surface area is 194 Å². The van der Waals surface area contributed by atoms with Gasteiger partial charge in [0, 0.05) is 0 Å². The average Bonchev–Trinajstić information content (AvgIpc) is 2.89. The van der Waals surface area contributed by atoms with E-state index in [1.54, 1.807) is 12.1 Å². The first-order valence-electron chi connectivity index (χ1n) is 12.2. The maximum Gasteiger partial charge on any atom is 0.296 e. The Bertz CT molecular complexity index is 896. The van der Waals surface area contributed by atoms with Gasteiger partial charge in [0.15, 0.2) is 0 Å². The van der Waals surface area contributed by atoms with Crippen molar-refractivity contribution >= 4 is 10.1 Å². The predicted octanol–water partition coefficient (Wildman–Crippen LogP) is 5.76. The molecule has 3 atom stereocenters. The van der Waals surface area contributed by atoms with E-state index >= 15 is 0 Å². The Morgan fingerprint density at radius 2 is 1.78 bits per heavy atom. The van der Waals surface area contributed by atoms with Gasteiger partial charge in [-0.1, -0.05) is 74.2 Å². The van der Waals surface area contributed by atoms with Crippen molar-refractivity contribution in [2.75, 3.05) is 19.7 Å². The van der Waals surface area contributed by atoms with Gasteiger partial charge in [-0.25, -0.2) is 0 Å².